The molecule has 4 nitrogen and oxygen atoms in total. The molecule has 8 aromatic carbocycles. The van der Waals surface area contributed by atoms with E-state index >= 15 is 0 Å². The molecule has 3 heterocycles. The number of benzene rings is 8. The summed E-state index contributed by atoms with van der Waals surface area (Å²) in [5, 5.41) is 5.45. The van der Waals surface area contributed by atoms with E-state index in [0.717, 1.165) is 92.9 Å². The van der Waals surface area contributed by atoms with Crippen LogP contribution in [0.3, 0.4) is 0 Å². The molecule has 3 aromatic heterocycles. The topological polar surface area (TPSA) is 42.4 Å². The van der Waals surface area contributed by atoms with E-state index in [0.29, 0.717) is 0 Å². The predicted octanol–water partition coefficient (Wildman–Crippen LogP) is 14.6. The van der Waals surface area contributed by atoms with Gasteiger partial charge >= 0.3 is 0 Å². The van der Waals surface area contributed by atoms with Crippen LogP contribution in [-0.2, 0) is 0 Å². The molecule has 0 fully saturated rings. The van der Waals surface area contributed by atoms with E-state index in [1.54, 1.807) is 11.3 Å². The van der Waals surface area contributed by atoms with Crippen molar-refractivity contribution in [3.63, 3.8) is 0 Å². The number of para-hydroxylation sites is 1. The monoisotopic (exact) mass is 710 g/mol. The van der Waals surface area contributed by atoms with Crippen LogP contribution >= 0.6 is 11.3 Å². The van der Waals surface area contributed by atoms with Gasteiger partial charge in [0.05, 0.1) is 10.2 Å². The van der Waals surface area contributed by atoms with Gasteiger partial charge in [0.2, 0.25) is 0 Å². The second-order valence-electron chi connectivity index (χ2n) is 13.6. The van der Waals surface area contributed by atoms with E-state index in [1.165, 1.54) is 11.1 Å². The molecule has 0 aliphatic heterocycles. The molecule has 11 aromatic rings. The standard InChI is InChI=1S/C49H30N2O2S/c1-3-10-31(11-4-1)32-18-22-35(23-19-32)51(36-24-20-33(21-25-36)38-15-9-17-44-48(38)40-14-7-8-16-43(40)52-44)37-26-27-39-41-29-47-42(30-46(41)53-45(39)28-37)50-49(54-47)34-12-5-2-6-13-34/h1-30H. The zero-order valence-corrected chi connectivity index (χ0v) is 29.8. The van der Waals surface area contributed by atoms with Gasteiger partial charge in [0, 0.05) is 56.3 Å². The molecule has 0 saturated carbocycles. The minimum absolute atomic E-state index is 0.837. The van der Waals surface area contributed by atoms with Gasteiger partial charge in [0.25, 0.3) is 0 Å². The molecule has 0 N–H and O–H groups in total. The maximum Gasteiger partial charge on any atom is 0.137 e. The smallest absolute Gasteiger partial charge is 0.137 e. The molecule has 54 heavy (non-hydrogen) atoms. The number of fused-ring (bicyclic) bond motifs is 7. The summed E-state index contributed by atoms with van der Waals surface area (Å²) < 4.78 is 13.9. The highest BCUT2D eigenvalue weighted by Crippen LogP contribution is 2.43. The Kier molecular flexibility index (Phi) is 7.00. The molecule has 0 unspecified atom stereocenters. The van der Waals surface area contributed by atoms with Crippen molar-refractivity contribution in [2.75, 3.05) is 4.90 Å². The molecule has 5 heteroatoms. The zero-order valence-electron chi connectivity index (χ0n) is 28.9. The van der Waals surface area contributed by atoms with Crippen molar-refractivity contribution in [2.24, 2.45) is 0 Å². The van der Waals surface area contributed by atoms with Gasteiger partial charge in [-0.2, -0.15) is 0 Å². The second-order valence-corrected chi connectivity index (χ2v) is 14.6. The number of anilines is 3. The highest BCUT2D eigenvalue weighted by Gasteiger charge is 2.18. The van der Waals surface area contributed by atoms with Crippen molar-refractivity contribution < 1.29 is 8.83 Å². The van der Waals surface area contributed by atoms with Gasteiger partial charge in [0.15, 0.2) is 0 Å². The lowest BCUT2D eigenvalue weighted by Gasteiger charge is -2.26. The van der Waals surface area contributed by atoms with Crippen molar-refractivity contribution >= 4 is 82.5 Å². The van der Waals surface area contributed by atoms with Gasteiger partial charge in [-0.3, -0.25) is 0 Å². The lowest BCUT2D eigenvalue weighted by molar-refractivity contribution is 0.669. The van der Waals surface area contributed by atoms with E-state index in [1.807, 2.05) is 24.3 Å². The van der Waals surface area contributed by atoms with Gasteiger partial charge in [-0.15, -0.1) is 11.3 Å². The zero-order chi connectivity index (χ0) is 35.6. The Bertz CT molecular complexity index is 3140. The first-order valence-electron chi connectivity index (χ1n) is 18.0. The number of thiazole rings is 1. The van der Waals surface area contributed by atoms with Crippen molar-refractivity contribution in [1.29, 1.82) is 0 Å². The Morgan fingerprint density at radius 2 is 1.02 bits per heavy atom. The van der Waals surface area contributed by atoms with Crippen LogP contribution in [0.4, 0.5) is 17.1 Å². The molecule has 0 spiro atoms. The molecular formula is C49H30N2O2S. The van der Waals surface area contributed by atoms with Crippen LogP contribution in [0.2, 0.25) is 0 Å². The third-order valence-corrected chi connectivity index (χ3v) is 11.4. The van der Waals surface area contributed by atoms with Crippen LogP contribution in [0.25, 0.3) is 86.9 Å². The van der Waals surface area contributed by atoms with Crippen LogP contribution < -0.4 is 4.90 Å². The fourth-order valence-corrected chi connectivity index (χ4v) is 8.71. The van der Waals surface area contributed by atoms with Crippen LogP contribution in [0.1, 0.15) is 0 Å². The summed E-state index contributed by atoms with van der Waals surface area (Å²) in [6.45, 7) is 0. The van der Waals surface area contributed by atoms with Crippen LogP contribution in [0.15, 0.2) is 191 Å². The number of furan rings is 2. The number of hydrogen-bond donors (Lipinski definition) is 0. The van der Waals surface area contributed by atoms with Crippen LogP contribution in [-0.4, -0.2) is 4.98 Å². The van der Waals surface area contributed by atoms with Crippen molar-refractivity contribution in [1.82, 2.24) is 4.98 Å². The number of rotatable bonds is 6. The number of nitrogens with zero attached hydrogens (tertiary/aromatic N) is 2. The maximum absolute atomic E-state index is 6.59. The summed E-state index contributed by atoms with van der Waals surface area (Å²) >= 11 is 1.71. The minimum atomic E-state index is 0.837. The first-order valence-corrected chi connectivity index (χ1v) is 18.8. The lowest BCUT2D eigenvalue weighted by atomic mass is 9.99. The molecular weight excluding hydrogens is 681 g/mol. The average molecular weight is 711 g/mol. The third-order valence-electron chi connectivity index (χ3n) is 10.3. The van der Waals surface area contributed by atoms with Crippen molar-refractivity contribution in [3.8, 4) is 32.8 Å². The Balaban J connectivity index is 1.02. The van der Waals surface area contributed by atoms with Gasteiger partial charge in [0.1, 0.15) is 27.3 Å². The molecule has 0 aliphatic rings. The fraction of sp³-hybridized carbons (Fsp3) is 0. The number of hydrogen-bond acceptors (Lipinski definition) is 5. The summed E-state index contributed by atoms with van der Waals surface area (Å²) in [6, 6.07) is 63.8. The van der Waals surface area contributed by atoms with E-state index < -0.39 is 0 Å². The molecule has 0 radical (unpaired) electrons. The molecule has 0 atom stereocenters. The maximum atomic E-state index is 6.59. The van der Waals surface area contributed by atoms with Crippen molar-refractivity contribution in [3.05, 3.63) is 182 Å². The SMILES string of the molecule is c1ccc(-c2ccc(N(c3ccc(-c4cccc5oc6ccccc6c45)cc3)c3ccc4c(c3)oc3cc5nc(-c6ccccc6)sc5cc34)cc2)cc1. The lowest BCUT2D eigenvalue weighted by Crippen LogP contribution is -2.09. The summed E-state index contributed by atoms with van der Waals surface area (Å²) in [5.41, 5.74) is 13.3. The summed E-state index contributed by atoms with van der Waals surface area (Å²) in [5.74, 6) is 0. The Hall–Kier alpha value is -6.95. The number of aromatic nitrogens is 1. The Morgan fingerprint density at radius 3 is 1.80 bits per heavy atom. The summed E-state index contributed by atoms with van der Waals surface area (Å²) in [7, 11) is 0. The molecule has 0 amide bonds. The molecule has 0 saturated heterocycles. The summed E-state index contributed by atoms with van der Waals surface area (Å²) in [6.07, 6.45) is 0. The molecule has 0 bridgehead atoms. The Morgan fingerprint density at radius 1 is 0.407 bits per heavy atom. The molecule has 254 valence electrons. The van der Waals surface area contributed by atoms with E-state index in [2.05, 4.69) is 163 Å². The first kappa shape index (κ1) is 30.7. The predicted molar refractivity (Wildman–Crippen MR) is 225 cm³/mol. The van der Waals surface area contributed by atoms with E-state index in [4.69, 9.17) is 13.8 Å². The molecule has 11 rings (SSSR count). The molecule has 0 aliphatic carbocycles. The van der Waals surface area contributed by atoms with Crippen LogP contribution in [0, 0.1) is 0 Å². The Labute approximate surface area is 314 Å². The quantitative estimate of drug-likeness (QED) is 0.172. The fourth-order valence-electron chi connectivity index (χ4n) is 7.72. The largest absolute Gasteiger partial charge is 0.456 e. The van der Waals surface area contributed by atoms with E-state index in [9.17, 15) is 0 Å². The highest BCUT2D eigenvalue weighted by molar-refractivity contribution is 7.21. The van der Waals surface area contributed by atoms with Crippen LogP contribution in [0.5, 0.6) is 0 Å². The van der Waals surface area contributed by atoms with Gasteiger partial charge in [-0.1, -0.05) is 115 Å². The second kappa shape index (κ2) is 12.3. The average Bonchev–Trinajstić information content (AvgIpc) is 3.94. The third kappa shape index (κ3) is 5.09. The van der Waals surface area contributed by atoms with Crippen molar-refractivity contribution in [2.45, 2.75) is 0 Å². The minimum Gasteiger partial charge on any atom is -0.456 e. The van der Waals surface area contributed by atoms with Gasteiger partial charge in [-0.25, -0.2) is 4.98 Å². The highest BCUT2D eigenvalue weighted by atomic mass is 32.1. The summed E-state index contributed by atoms with van der Waals surface area (Å²) in [4.78, 5) is 7.26. The van der Waals surface area contributed by atoms with Gasteiger partial charge < -0.3 is 13.7 Å². The van der Waals surface area contributed by atoms with Gasteiger partial charge in [-0.05, 0) is 76.9 Å². The normalized spacial score (nSPS) is 11.7. The first-order chi connectivity index (χ1) is 26.7. The van der Waals surface area contributed by atoms with E-state index in [-0.39, 0.29) is 0 Å².